The molecule has 1 aliphatic rings. The third-order valence-electron chi connectivity index (χ3n) is 4.22. The van der Waals surface area contributed by atoms with Gasteiger partial charge in [-0.15, -0.1) is 0 Å². The van der Waals surface area contributed by atoms with Crippen LogP contribution in [0.3, 0.4) is 0 Å². The Morgan fingerprint density at radius 2 is 2.00 bits per heavy atom. The van der Waals surface area contributed by atoms with Gasteiger partial charge in [-0.05, 0) is 43.9 Å². The number of hydrogen-bond acceptors (Lipinski definition) is 3. The zero-order valence-electron chi connectivity index (χ0n) is 14.0. The van der Waals surface area contributed by atoms with Crippen molar-refractivity contribution in [1.29, 1.82) is 0 Å². The third kappa shape index (κ3) is 4.72. The molecule has 0 saturated carbocycles. The smallest absolute Gasteiger partial charge is 0.0485 e. The molecule has 1 N–H and O–H groups in total. The van der Waals surface area contributed by atoms with Crippen molar-refractivity contribution in [2.45, 2.75) is 46.2 Å². The van der Waals surface area contributed by atoms with Gasteiger partial charge in [0.25, 0.3) is 0 Å². The van der Waals surface area contributed by atoms with Crippen molar-refractivity contribution in [3.05, 3.63) is 29.3 Å². The highest BCUT2D eigenvalue weighted by molar-refractivity contribution is 5.55. The van der Waals surface area contributed by atoms with Crippen LogP contribution in [0.25, 0.3) is 0 Å². The standard InChI is InChI=1S/C18H30N2O/c1-14(2)12-19-13-16-11-15(3)5-6-18(16)20(4)17-7-9-21-10-8-17/h5-6,11,14,17,19H,7-10,12-13H2,1-4H3. The highest BCUT2D eigenvalue weighted by Crippen LogP contribution is 2.26. The van der Waals surface area contributed by atoms with Gasteiger partial charge in [0.2, 0.25) is 0 Å². The van der Waals surface area contributed by atoms with Crippen LogP contribution in [0, 0.1) is 12.8 Å². The van der Waals surface area contributed by atoms with E-state index in [-0.39, 0.29) is 0 Å². The summed E-state index contributed by atoms with van der Waals surface area (Å²) in [5, 5.41) is 3.58. The molecule has 1 saturated heterocycles. The lowest BCUT2D eigenvalue weighted by Crippen LogP contribution is -2.37. The van der Waals surface area contributed by atoms with E-state index < -0.39 is 0 Å². The summed E-state index contributed by atoms with van der Waals surface area (Å²) >= 11 is 0. The molecule has 0 spiro atoms. The van der Waals surface area contributed by atoms with E-state index in [1.165, 1.54) is 16.8 Å². The van der Waals surface area contributed by atoms with Gasteiger partial charge in [0.15, 0.2) is 0 Å². The molecule has 1 aromatic carbocycles. The summed E-state index contributed by atoms with van der Waals surface area (Å²) in [4.78, 5) is 2.45. The second kappa shape index (κ2) is 7.81. The van der Waals surface area contributed by atoms with Crippen LogP contribution in [0.15, 0.2) is 18.2 Å². The summed E-state index contributed by atoms with van der Waals surface area (Å²) in [5.74, 6) is 0.687. The van der Waals surface area contributed by atoms with Crippen molar-refractivity contribution in [3.8, 4) is 0 Å². The first-order chi connectivity index (χ1) is 10.1. The normalized spacial score (nSPS) is 16.4. The van der Waals surface area contributed by atoms with E-state index in [0.717, 1.165) is 39.1 Å². The van der Waals surface area contributed by atoms with Gasteiger partial charge in [-0.1, -0.05) is 31.5 Å². The lowest BCUT2D eigenvalue weighted by molar-refractivity contribution is 0.0854. The summed E-state index contributed by atoms with van der Waals surface area (Å²) in [6.45, 7) is 10.5. The number of ether oxygens (including phenoxy) is 1. The first-order valence-electron chi connectivity index (χ1n) is 8.18. The lowest BCUT2D eigenvalue weighted by Gasteiger charge is -2.34. The van der Waals surface area contributed by atoms with Gasteiger partial charge in [0.1, 0.15) is 0 Å². The molecule has 0 radical (unpaired) electrons. The van der Waals surface area contributed by atoms with Crippen molar-refractivity contribution in [2.75, 3.05) is 31.7 Å². The fraction of sp³-hybridized carbons (Fsp3) is 0.667. The molecule has 3 heteroatoms. The van der Waals surface area contributed by atoms with Crippen LogP contribution in [-0.2, 0) is 11.3 Å². The number of aryl methyl sites for hydroxylation is 1. The second-order valence-electron chi connectivity index (χ2n) is 6.61. The van der Waals surface area contributed by atoms with Gasteiger partial charge >= 0.3 is 0 Å². The van der Waals surface area contributed by atoms with Gasteiger partial charge in [-0.25, -0.2) is 0 Å². The van der Waals surface area contributed by atoms with Crippen molar-refractivity contribution < 1.29 is 4.74 Å². The molecule has 21 heavy (non-hydrogen) atoms. The SMILES string of the molecule is Cc1ccc(N(C)C2CCOCC2)c(CNCC(C)C)c1. The summed E-state index contributed by atoms with van der Waals surface area (Å²) in [7, 11) is 2.23. The van der Waals surface area contributed by atoms with Crippen molar-refractivity contribution in [3.63, 3.8) is 0 Å². The van der Waals surface area contributed by atoms with E-state index in [1.807, 2.05) is 0 Å². The molecule has 0 bridgehead atoms. The Kier molecular flexibility index (Phi) is 6.07. The molecule has 3 nitrogen and oxygen atoms in total. The Morgan fingerprint density at radius 3 is 2.67 bits per heavy atom. The van der Waals surface area contributed by atoms with Crippen LogP contribution in [0.1, 0.15) is 37.8 Å². The predicted octanol–water partition coefficient (Wildman–Crippen LogP) is 3.36. The first kappa shape index (κ1) is 16.3. The molecular formula is C18H30N2O. The molecule has 2 rings (SSSR count). The van der Waals surface area contributed by atoms with Crippen LogP contribution < -0.4 is 10.2 Å². The maximum atomic E-state index is 5.49. The van der Waals surface area contributed by atoms with E-state index in [2.05, 4.69) is 56.2 Å². The van der Waals surface area contributed by atoms with E-state index >= 15 is 0 Å². The topological polar surface area (TPSA) is 24.5 Å². The minimum Gasteiger partial charge on any atom is -0.381 e. The van der Waals surface area contributed by atoms with E-state index in [4.69, 9.17) is 4.74 Å². The van der Waals surface area contributed by atoms with Gasteiger partial charge < -0.3 is 15.0 Å². The lowest BCUT2D eigenvalue weighted by atomic mass is 10.0. The van der Waals surface area contributed by atoms with Gasteiger partial charge in [-0.3, -0.25) is 0 Å². The summed E-state index contributed by atoms with van der Waals surface area (Å²) < 4.78 is 5.49. The monoisotopic (exact) mass is 290 g/mol. The Balaban J connectivity index is 2.09. The van der Waals surface area contributed by atoms with Crippen LogP contribution in [0.5, 0.6) is 0 Å². The Morgan fingerprint density at radius 1 is 1.29 bits per heavy atom. The molecule has 118 valence electrons. The number of nitrogens with zero attached hydrogens (tertiary/aromatic N) is 1. The summed E-state index contributed by atoms with van der Waals surface area (Å²) in [6.07, 6.45) is 2.26. The number of nitrogens with one attached hydrogen (secondary N) is 1. The first-order valence-corrected chi connectivity index (χ1v) is 8.18. The predicted molar refractivity (Wildman–Crippen MR) is 90.0 cm³/mol. The Hall–Kier alpha value is -1.06. The van der Waals surface area contributed by atoms with E-state index in [0.29, 0.717) is 12.0 Å². The fourth-order valence-corrected chi connectivity index (χ4v) is 2.96. The average Bonchev–Trinajstić information content (AvgIpc) is 2.47. The van der Waals surface area contributed by atoms with E-state index in [9.17, 15) is 0 Å². The fourth-order valence-electron chi connectivity index (χ4n) is 2.96. The molecule has 0 amide bonds. The minimum atomic E-state index is 0.602. The average molecular weight is 290 g/mol. The zero-order chi connectivity index (χ0) is 15.2. The molecule has 0 unspecified atom stereocenters. The molecule has 1 aliphatic heterocycles. The number of rotatable bonds is 6. The number of anilines is 1. The summed E-state index contributed by atoms with van der Waals surface area (Å²) in [5.41, 5.74) is 4.11. The van der Waals surface area contributed by atoms with Gasteiger partial charge in [0.05, 0.1) is 0 Å². The van der Waals surface area contributed by atoms with E-state index in [1.54, 1.807) is 0 Å². The van der Waals surface area contributed by atoms with Gasteiger partial charge in [0, 0.05) is 38.5 Å². The highest BCUT2D eigenvalue weighted by atomic mass is 16.5. The molecule has 1 aromatic rings. The maximum absolute atomic E-state index is 5.49. The highest BCUT2D eigenvalue weighted by Gasteiger charge is 2.20. The van der Waals surface area contributed by atoms with Crippen LogP contribution in [0.2, 0.25) is 0 Å². The molecule has 0 aliphatic carbocycles. The van der Waals surface area contributed by atoms with Crippen LogP contribution in [0.4, 0.5) is 5.69 Å². The maximum Gasteiger partial charge on any atom is 0.0485 e. The van der Waals surface area contributed by atoms with Crippen molar-refractivity contribution >= 4 is 5.69 Å². The van der Waals surface area contributed by atoms with Crippen molar-refractivity contribution in [1.82, 2.24) is 5.32 Å². The molecule has 0 aromatic heterocycles. The zero-order valence-corrected chi connectivity index (χ0v) is 14.0. The quantitative estimate of drug-likeness (QED) is 0.869. The Bertz CT molecular complexity index is 439. The summed E-state index contributed by atoms with van der Waals surface area (Å²) in [6, 6.07) is 7.41. The second-order valence-corrected chi connectivity index (χ2v) is 6.61. The third-order valence-corrected chi connectivity index (χ3v) is 4.22. The van der Waals surface area contributed by atoms with Crippen LogP contribution >= 0.6 is 0 Å². The number of hydrogen-bond donors (Lipinski definition) is 1. The molecule has 1 heterocycles. The molecule has 1 fully saturated rings. The van der Waals surface area contributed by atoms with Gasteiger partial charge in [-0.2, -0.15) is 0 Å². The van der Waals surface area contributed by atoms with Crippen LogP contribution in [-0.4, -0.2) is 32.8 Å². The number of benzene rings is 1. The minimum absolute atomic E-state index is 0.602. The van der Waals surface area contributed by atoms with Crippen molar-refractivity contribution in [2.24, 2.45) is 5.92 Å². The molecule has 0 atom stereocenters. The Labute approximate surface area is 129 Å². The largest absolute Gasteiger partial charge is 0.381 e. The molecular weight excluding hydrogens is 260 g/mol.